The minimum Gasteiger partial charge on any atom is -0.463 e. The monoisotopic (exact) mass is 483 g/mol. The van der Waals surface area contributed by atoms with Crippen LogP contribution in [0.1, 0.15) is 49.7 Å². The lowest BCUT2D eigenvalue weighted by molar-refractivity contribution is -0.185. The maximum absolute atomic E-state index is 14.3. The standard InChI is InChI=1S/C29H35F2NO3/c30-28(31)15-7-12-25(16-28)29(34,24-10-5-2-6-11-24)27(33)35-20-26-22-13-14-23(26)19-32(18-22)17-21-8-3-1-4-9-21/h1-6,8-11,22-23,25-26,34H,7,12-20H2/t22?,23?,25-,26?,29+/m1/s1. The maximum atomic E-state index is 14.3. The number of halogens is 2. The van der Waals surface area contributed by atoms with Crippen LogP contribution in [-0.4, -0.2) is 41.6 Å². The summed E-state index contributed by atoms with van der Waals surface area (Å²) >= 11 is 0. The molecule has 3 aliphatic rings. The zero-order chi connectivity index (χ0) is 24.5. The normalized spacial score (nSPS) is 29.9. The third-order valence-corrected chi connectivity index (χ3v) is 8.52. The number of carbonyl (C=O) groups is 1. The van der Waals surface area contributed by atoms with Crippen molar-refractivity contribution in [2.75, 3.05) is 19.7 Å². The first-order valence-electron chi connectivity index (χ1n) is 12.9. The molecule has 4 atom stereocenters. The van der Waals surface area contributed by atoms with Crippen molar-refractivity contribution in [1.82, 2.24) is 4.90 Å². The van der Waals surface area contributed by atoms with Gasteiger partial charge in [0.2, 0.25) is 5.92 Å². The molecule has 188 valence electrons. The first kappa shape index (κ1) is 24.4. The maximum Gasteiger partial charge on any atom is 0.343 e. The molecular weight excluding hydrogens is 448 g/mol. The van der Waals surface area contributed by atoms with E-state index >= 15 is 0 Å². The predicted octanol–water partition coefficient (Wildman–Crippen LogP) is 5.40. The predicted molar refractivity (Wildman–Crippen MR) is 130 cm³/mol. The molecule has 2 aliphatic carbocycles. The van der Waals surface area contributed by atoms with Crippen LogP contribution in [0.3, 0.4) is 0 Å². The number of aliphatic hydroxyl groups is 1. The van der Waals surface area contributed by atoms with Gasteiger partial charge in [0.1, 0.15) is 0 Å². The summed E-state index contributed by atoms with van der Waals surface area (Å²) in [5, 5.41) is 11.7. The summed E-state index contributed by atoms with van der Waals surface area (Å²) in [7, 11) is 0. The number of nitrogens with zero attached hydrogens (tertiary/aromatic N) is 1. The van der Waals surface area contributed by atoms with E-state index in [1.165, 1.54) is 5.56 Å². The van der Waals surface area contributed by atoms with Crippen molar-refractivity contribution in [3.05, 3.63) is 71.8 Å². The van der Waals surface area contributed by atoms with E-state index < -0.39 is 29.8 Å². The molecule has 6 heteroatoms. The number of likely N-dealkylation sites (tertiary alicyclic amines) is 1. The van der Waals surface area contributed by atoms with Gasteiger partial charge in [0.05, 0.1) is 6.61 Å². The summed E-state index contributed by atoms with van der Waals surface area (Å²) in [6, 6.07) is 18.9. The molecule has 1 saturated heterocycles. The number of piperidine rings is 1. The third-order valence-electron chi connectivity index (χ3n) is 8.52. The smallest absolute Gasteiger partial charge is 0.343 e. The number of benzene rings is 2. The fourth-order valence-electron chi connectivity index (χ4n) is 6.70. The van der Waals surface area contributed by atoms with Crippen molar-refractivity contribution < 1.29 is 23.4 Å². The molecule has 2 bridgehead atoms. The Hall–Kier alpha value is -2.31. The SMILES string of the molecule is O=C(OCC1C2CCC1CN(Cc1ccccc1)C2)[C@](O)(c1ccccc1)[C@@H]1CCCC(F)(F)C1. The Morgan fingerprint density at radius 1 is 1.00 bits per heavy atom. The van der Waals surface area contributed by atoms with Gasteiger partial charge in [-0.3, -0.25) is 4.90 Å². The molecule has 4 nitrogen and oxygen atoms in total. The van der Waals surface area contributed by atoms with E-state index in [0.29, 0.717) is 23.8 Å². The van der Waals surface area contributed by atoms with Crippen molar-refractivity contribution >= 4 is 5.97 Å². The van der Waals surface area contributed by atoms with Crippen molar-refractivity contribution in [2.45, 2.75) is 56.6 Å². The number of hydrogen-bond donors (Lipinski definition) is 1. The van der Waals surface area contributed by atoms with E-state index in [0.717, 1.165) is 32.5 Å². The molecule has 0 amide bonds. The van der Waals surface area contributed by atoms with Crippen LogP contribution in [0.25, 0.3) is 0 Å². The van der Waals surface area contributed by atoms with Crippen LogP contribution in [0.15, 0.2) is 60.7 Å². The zero-order valence-electron chi connectivity index (χ0n) is 20.1. The number of ether oxygens (including phenoxy) is 1. The highest BCUT2D eigenvalue weighted by molar-refractivity contribution is 5.81. The second-order valence-corrected chi connectivity index (χ2v) is 10.8. The molecule has 0 aromatic heterocycles. The fourth-order valence-corrected chi connectivity index (χ4v) is 6.70. The van der Waals surface area contributed by atoms with Gasteiger partial charge in [0.25, 0.3) is 0 Å². The molecule has 0 radical (unpaired) electrons. The molecular formula is C29H35F2NO3. The molecule has 2 aromatic rings. The summed E-state index contributed by atoms with van der Waals surface area (Å²) in [5.74, 6) is -3.40. The molecule has 0 spiro atoms. The van der Waals surface area contributed by atoms with Crippen LogP contribution < -0.4 is 0 Å². The summed E-state index contributed by atoms with van der Waals surface area (Å²) in [6.45, 7) is 3.09. The molecule has 1 N–H and O–H groups in total. The zero-order valence-corrected chi connectivity index (χ0v) is 20.1. The van der Waals surface area contributed by atoms with Crippen LogP contribution in [-0.2, 0) is 21.7 Å². The fraction of sp³-hybridized carbons (Fsp3) is 0.552. The molecule has 1 aliphatic heterocycles. The quantitative estimate of drug-likeness (QED) is 0.536. The Labute approximate surface area is 206 Å². The van der Waals surface area contributed by atoms with E-state index in [4.69, 9.17) is 4.74 Å². The van der Waals surface area contributed by atoms with Gasteiger partial charge in [-0.2, -0.15) is 0 Å². The van der Waals surface area contributed by atoms with Crippen molar-refractivity contribution in [2.24, 2.45) is 23.7 Å². The molecule has 35 heavy (non-hydrogen) atoms. The Bertz CT molecular complexity index is 988. The second kappa shape index (κ2) is 9.98. The largest absolute Gasteiger partial charge is 0.463 e. The first-order valence-corrected chi connectivity index (χ1v) is 12.9. The molecule has 1 heterocycles. The van der Waals surface area contributed by atoms with E-state index in [1.807, 2.05) is 6.07 Å². The number of esters is 1. The van der Waals surface area contributed by atoms with Gasteiger partial charge in [-0.25, -0.2) is 13.6 Å². The summed E-state index contributed by atoms with van der Waals surface area (Å²) < 4.78 is 34.4. The van der Waals surface area contributed by atoms with Crippen LogP contribution in [0, 0.1) is 23.7 Å². The van der Waals surface area contributed by atoms with Gasteiger partial charge in [-0.15, -0.1) is 0 Å². The number of hydrogen-bond acceptors (Lipinski definition) is 4. The van der Waals surface area contributed by atoms with E-state index in [-0.39, 0.29) is 25.4 Å². The van der Waals surface area contributed by atoms with Gasteiger partial charge in [-0.05, 0) is 48.6 Å². The average Bonchev–Trinajstić information content (AvgIpc) is 3.10. The second-order valence-electron chi connectivity index (χ2n) is 10.8. The average molecular weight is 484 g/mol. The minimum atomic E-state index is -2.88. The van der Waals surface area contributed by atoms with Crippen LogP contribution in [0.2, 0.25) is 0 Å². The highest BCUT2D eigenvalue weighted by atomic mass is 19.3. The Kier molecular flexibility index (Phi) is 6.95. The highest BCUT2D eigenvalue weighted by Crippen LogP contribution is 2.47. The van der Waals surface area contributed by atoms with Gasteiger partial charge in [0, 0.05) is 44.3 Å². The number of fused-ring (bicyclic) bond motifs is 2. The van der Waals surface area contributed by atoms with Crippen LogP contribution in [0.4, 0.5) is 8.78 Å². The third kappa shape index (κ3) is 5.14. The summed E-state index contributed by atoms with van der Waals surface area (Å²) in [4.78, 5) is 15.9. The lowest BCUT2D eigenvalue weighted by Crippen LogP contribution is -2.49. The molecule has 2 aromatic carbocycles. The van der Waals surface area contributed by atoms with E-state index in [2.05, 4.69) is 29.2 Å². The Morgan fingerprint density at radius 3 is 2.26 bits per heavy atom. The van der Waals surface area contributed by atoms with E-state index in [1.54, 1.807) is 30.3 Å². The van der Waals surface area contributed by atoms with Crippen LogP contribution >= 0.6 is 0 Å². The van der Waals surface area contributed by atoms with Crippen LogP contribution in [0.5, 0.6) is 0 Å². The number of carbonyl (C=O) groups excluding carboxylic acids is 1. The minimum absolute atomic E-state index is 0.200. The first-order chi connectivity index (χ1) is 16.8. The summed E-state index contributed by atoms with van der Waals surface area (Å²) in [5.41, 5.74) is -0.416. The van der Waals surface area contributed by atoms with Gasteiger partial charge < -0.3 is 9.84 Å². The molecule has 2 unspecified atom stereocenters. The molecule has 2 saturated carbocycles. The number of rotatable bonds is 7. The highest BCUT2D eigenvalue weighted by Gasteiger charge is 2.53. The van der Waals surface area contributed by atoms with Crippen molar-refractivity contribution in [3.8, 4) is 0 Å². The van der Waals surface area contributed by atoms with Gasteiger partial charge >= 0.3 is 5.97 Å². The molecule has 3 fully saturated rings. The van der Waals surface area contributed by atoms with Gasteiger partial charge in [0.15, 0.2) is 5.60 Å². The lowest BCUT2D eigenvalue weighted by Gasteiger charge is -2.40. The Morgan fingerprint density at radius 2 is 1.63 bits per heavy atom. The number of alkyl halides is 2. The summed E-state index contributed by atoms with van der Waals surface area (Å²) in [6.07, 6.45) is 2.17. The van der Waals surface area contributed by atoms with Crippen molar-refractivity contribution in [1.29, 1.82) is 0 Å². The van der Waals surface area contributed by atoms with Crippen molar-refractivity contribution in [3.63, 3.8) is 0 Å². The molecule has 5 rings (SSSR count). The topological polar surface area (TPSA) is 49.8 Å². The lowest BCUT2D eigenvalue weighted by atomic mass is 9.72. The van der Waals surface area contributed by atoms with E-state index in [9.17, 15) is 18.7 Å². The van der Waals surface area contributed by atoms with Gasteiger partial charge in [-0.1, -0.05) is 60.7 Å². The Balaban J connectivity index is 1.26.